The molecule has 5 heteroatoms. The van der Waals surface area contributed by atoms with Crippen LogP contribution < -0.4 is 0 Å². The molecule has 1 aromatic carbocycles. The van der Waals surface area contributed by atoms with Gasteiger partial charge >= 0.3 is 5.97 Å². The van der Waals surface area contributed by atoms with Crippen molar-refractivity contribution in [1.82, 2.24) is 4.90 Å². The third-order valence-electron chi connectivity index (χ3n) is 6.74. The van der Waals surface area contributed by atoms with E-state index < -0.39 is 12.1 Å². The van der Waals surface area contributed by atoms with Crippen LogP contribution in [0.3, 0.4) is 0 Å². The fourth-order valence-corrected chi connectivity index (χ4v) is 4.60. The first kappa shape index (κ1) is 21.6. The van der Waals surface area contributed by atoms with Crippen LogP contribution in [0.25, 0.3) is 0 Å². The highest BCUT2D eigenvalue weighted by Gasteiger charge is 2.41. The molecule has 158 valence electrons. The molecule has 1 saturated heterocycles. The first-order valence-electron chi connectivity index (χ1n) is 10.9. The molecule has 2 N–H and O–H groups in total. The van der Waals surface area contributed by atoms with Gasteiger partial charge in [-0.3, -0.25) is 4.79 Å². The molecule has 0 spiro atoms. The fraction of sp³-hybridized carbons (Fsp3) is 0.583. The summed E-state index contributed by atoms with van der Waals surface area (Å²) in [5.74, 6) is -0.779. The van der Waals surface area contributed by atoms with Gasteiger partial charge in [0.2, 0.25) is 5.91 Å². The highest BCUT2D eigenvalue weighted by atomic mass is 16.4. The molecular formula is C24H33NO4. The lowest BCUT2D eigenvalue weighted by atomic mass is 9.62. The summed E-state index contributed by atoms with van der Waals surface area (Å²) >= 11 is 0. The second-order valence-corrected chi connectivity index (χ2v) is 8.59. The van der Waals surface area contributed by atoms with Crippen LogP contribution in [0, 0.1) is 5.41 Å². The summed E-state index contributed by atoms with van der Waals surface area (Å²) in [4.78, 5) is 25.2. The lowest BCUT2D eigenvalue weighted by Crippen LogP contribution is -2.40. The standard InChI is InChI=1S/C24H33NO4/c1-2-3-14-24(15-4-16-24)21(26)11-9-20-10-12-22(27)25(20)17-13-18-5-7-19(8-6-18)23(28)29/h5-9,11,20-21,26H,2-4,10,12-17H2,1H3,(H,28,29)/t20-,21-/m0/s1. The van der Waals surface area contributed by atoms with Crippen molar-refractivity contribution in [3.05, 3.63) is 47.5 Å². The van der Waals surface area contributed by atoms with E-state index in [4.69, 9.17) is 5.11 Å². The van der Waals surface area contributed by atoms with E-state index in [1.54, 1.807) is 12.1 Å². The Kier molecular flexibility index (Phi) is 7.12. The monoisotopic (exact) mass is 399 g/mol. The molecule has 0 aromatic heterocycles. The number of carboxylic acids is 1. The Morgan fingerprint density at radius 2 is 2.03 bits per heavy atom. The minimum Gasteiger partial charge on any atom is -0.478 e. The Morgan fingerprint density at radius 1 is 1.31 bits per heavy atom. The third kappa shape index (κ3) is 5.08. The maximum Gasteiger partial charge on any atom is 0.335 e. The lowest BCUT2D eigenvalue weighted by molar-refractivity contribution is -0.128. The second-order valence-electron chi connectivity index (χ2n) is 8.59. The van der Waals surface area contributed by atoms with Crippen LogP contribution in [0.4, 0.5) is 0 Å². The number of rotatable bonds is 10. The summed E-state index contributed by atoms with van der Waals surface area (Å²) in [6.07, 6.45) is 12.3. The van der Waals surface area contributed by atoms with E-state index in [0.29, 0.717) is 19.4 Å². The van der Waals surface area contributed by atoms with Gasteiger partial charge in [-0.2, -0.15) is 0 Å². The number of carbonyl (C=O) groups excluding carboxylic acids is 1. The number of aliphatic hydroxyl groups excluding tert-OH is 1. The molecule has 1 aliphatic heterocycles. The minimum absolute atomic E-state index is 0.0405. The summed E-state index contributed by atoms with van der Waals surface area (Å²) in [7, 11) is 0. The average molecular weight is 400 g/mol. The van der Waals surface area contributed by atoms with Gasteiger partial charge in [-0.15, -0.1) is 0 Å². The van der Waals surface area contributed by atoms with Gasteiger partial charge in [-0.1, -0.05) is 50.5 Å². The SMILES string of the molecule is CCCCC1([C@@H](O)C=C[C@H]2CCC(=O)N2CCc2ccc(C(=O)O)cc2)CCC1. The lowest BCUT2D eigenvalue weighted by Gasteiger charge is -2.45. The molecule has 1 saturated carbocycles. The number of aliphatic hydroxyl groups is 1. The second kappa shape index (κ2) is 9.57. The average Bonchev–Trinajstić information content (AvgIpc) is 3.03. The summed E-state index contributed by atoms with van der Waals surface area (Å²) in [5, 5.41) is 19.8. The van der Waals surface area contributed by atoms with E-state index in [-0.39, 0.29) is 22.9 Å². The molecule has 1 heterocycles. The van der Waals surface area contributed by atoms with E-state index in [2.05, 4.69) is 6.92 Å². The number of likely N-dealkylation sites (tertiary alicyclic amines) is 1. The molecule has 1 aliphatic carbocycles. The van der Waals surface area contributed by atoms with Gasteiger partial charge in [-0.05, 0) is 55.2 Å². The zero-order valence-corrected chi connectivity index (χ0v) is 17.3. The van der Waals surface area contributed by atoms with Gasteiger partial charge in [0, 0.05) is 13.0 Å². The van der Waals surface area contributed by atoms with Crippen molar-refractivity contribution in [2.24, 2.45) is 5.41 Å². The quantitative estimate of drug-likeness (QED) is 0.578. The minimum atomic E-state index is -0.932. The van der Waals surface area contributed by atoms with Crippen molar-refractivity contribution in [2.45, 2.75) is 76.9 Å². The zero-order chi connectivity index (χ0) is 20.9. The number of carbonyl (C=O) groups is 2. The summed E-state index contributed by atoms with van der Waals surface area (Å²) in [5.41, 5.74) is 1.34. The Morgan fingerprint density at radius 3 is 2.62 bits per heavy atom. The highest BCUT2D eigenvalue weighted by molar-refractivity contribution is 5.87. The highest BCUT2D eigenvalue weighted by Crippen LogP contribution is 2.48. The molecule has 0 unspecified atom stereocenters. The van der Waals surface area contributed by atoms with Gasteiger partial charge in [0.1, 0.15) is 0 Å². The van der Waals surface area contributed by atoms with Crippen molar-refractivity contribution in [1.29, 1.82) is 0 Å². The number of benzene rings is 1. The molecule has 29 heavy (non-hydrogen) atoms. The predicted octanol–water partition coefficient (Wildman–Crippen LogP) is 4.20. The van der Waals surface area contributed by atoms with Crippen molar-refractivity contribution in [3.8, 4) is 0 Å². The van der Waals surface area contributed by atoms with Crippen molar-refractivity contribution >= 4 is 11.9 Å². The summed E-state index contributed by atoms with van der Waals surface area (Å²) < 4.78 is 0. The van der Waals surface area contributed by atoms with Crippen molar-refractivity contribution in [3.63, 3.8) is 0 Å². The molecule has 0 radical (unpaired) electrons. The van der Waals surface area contributed by atoms with Gasteiger partial charge in [-0.25, -0.2) is 4.79 Å². The summed E-state index contributed by atoms with van der Waals surface area (Å²) in [6.45, 7) is 2.79. The number of nitrogens with zero attached hydrogens (tertiary/aromatic N) is 1. The molecule has 2 aliphatic rings. The van der Waals surface area contributed by atoms with E-state index >= 15 is 0 Å². The van der Waals surface area contributed by atoms with Crippen LogP contribution in [-0.2, 0) is 11.2 Å². The van der Waals surface area contributed by atoms with Crippen LogP contribution in [-0.4, -0.2) is 45.7 Å². The van der Waals surface area contributed by atoms with Gasteiger partial charge in [0.15, 0.2) is 0 Å². The number of hydrogen-bond acceptors (Lipinski definition) is 3. The maximum atomic E-state index is 12.4. The van der Waals surface area contributed by atoms with E-state index in [1.807, 2.05) is 29.2 Å². The third-order valence-corrected chi connectivity index (χ3v) is 6.74. The number of aromatic carboxylic acids is 1. The Balaban J connectivity index is 1.58. The predicted molar refractivity (Wildman–Crippen MR) is 113 cm³/mol. The van der Waals surface area contributed by atoms with E-state index in [9.17, 15) is 14.7 Å². The molecule has 1 aromatic rings. The Bertz CT molecular complexity index is 736. The molecule has 2 atom stereocenters. The smallest absolute Gasteiger partial charge is 0.335 e. The topological polar surface area (TPSA) is 77.8 Å². The molecular weight excluding hydrogens is 366 g/mol. The first-order chi connectivity index (χ1) is 13.9. The van der Waals surface area contributed by atoms with Gasteiger partial charge in [0.05, 0.1) is 17.7 Å². The molecule has 5 nitrogen and oxygen atoms in total. The van der Waals surface area contributed by atoms with Crippen LogP contribution in [0.5, 0.6) is 0 Å². The number of carboxylic acid groups (broad SMARTS) is 1. The van der Waals surface area contributed by atoms with Crippen LogP contribution in [0.1, 0.15) is 74.2 Å². The van der Waals surface area contributed by atoms with E-state index in [1.165, 1.54) is 6.42 Å². The first-order valence-corrected chi connectivity index (χ1v) is 10.9. The fourth-order valence-electron chi connectivity index (χ4n) is 4.60. The number of amides is 1. The van der Waals surface area contributed by atoms with Crippen molar-refractivity contribution in [2.75, 3.05) is 6.54 Å². The van der Waals surface area contributed by atoms with Gasteiger partial charge in [0.25, 0.3) is 0 Å². The molecule has 2 fully saturated rings. The van der Waals surface area contributed by atoms with Crippen molar-refractivity contribution < 1.29 is 19.8 Å². The van der Waals surface area contributed by atoms with Crippen LogP contribution in [0.15, 0.2) is 36.4 Å². The molecule has 0 bridgehead atoms. The molecule has 1 amide bonds. The molecule has 3 rings (SSSR count). The Labute approximate surface area is 173 Å². The zero-order valence-electron chi connectivity index (χ0n) is 17.3. The van der Waals surface area contributed by atoms with E-state index in [0.717, 1.165) is 44.1 Å². The van der Waals surface area contributed by atoms with Gasteiger partial charge < -0.3 is 15.1 Å². The number of hydrogen-bond donors (Lipinski definition) is 2. The van der Waals surface area contributed by atoms with Crippen LogP contribution >= 0.6 is 0 Å². The largest absolute Gasteiger partial charge is 0.478 e. The normalized spacial score (nSPS) is 22.1. The number of unbranched alkanes of at least 4 members (excludes halogenated alkanes) is 1. The summed E-state index contributed by atoms with van der Waals surface area (Å²) in [6, 6.07) is 6.87. The Hall–Kier alpha value is -2.14. The van der Waals surface area contributed by atoms with Crippen LogP contribution in [0.2, 0.25) is 0 Å². The maximum absolute atomic E-state index is 12.4.